The van der Waals surface area contributed by atoms with E-state index in [2.05, 4.69) is 0 Å². The topological polar surface area (TPSA) is 76.8 Å². The van der Waals surface area contributed by atoms with E-state index in [1.807, 2.05) is 0 Å². The van der Waals surface area contributed by atoms with Crippen molar-refractivity contribution in [3.8, 4) is 16.9 Å². The summed E-state index contributed by atoms with van der Waals surface area (Å²) in [6.07, 6.45) is -0.329. The average molecular weight is 415 g/mol. The number of rotatable bonds is 5. The van der Waals surface area contributed by atoms with Gasteiger partial charge in [-0.1, -0.05) is 24.3 Å². The third-order valence-corrected chi connectivity index (χ3v) is 6.50. The molecular weight excluding hydrogens is 397 g/mol. The van der Waals surface area contributed by atoms with Crippen LogP contribution in [0.15, 0.2) is 74.8 Å². The molecule has 0 amide bonds. The molecule has 29 heavy (non-hydrogen) atoms. The van der Waals surface area contributed by atoms with Crippen molar-refractivity contribution in [2.45, 2.75) is 17.9 Å². The number of hydrogen-bond acceptors (Lipinski definition) is 5. The van der Waals surface area contributed by atoms with Crippen molar-refractivity contribution < 1.29 is 22.0 Å². The molecule has 0 spiro atoms. The van der Waals surface area contributed by atoms with Crippen molar-refractivity contribution in [2.75, 3.05) is 13.1 Å². The van der Waals surface area contributed by atoms with E-state index >= 15 is 0 Å². The highest BCUT2D eigenvalue weighted by Crippen LogP contribution is 2.27. The largest absolute Gasteiger partial charge is 0.487 e. The van der Waals surface area contributed by atoms with Gasteiger partial charge in [-0.25, -0.2) is 17.6 Å². The molecule has 4 rings (SSSR count). The number of ether oxygens (including phenoxy) is 1. The molecular formula is C21H18FNO5S. The first kappa shape index (κ1) is 19.4. The van der Waals surface area contributed by atoms with Crippen molar-refractivity contribution in [3.63, 3.8) is 0 Å². The number of hydrogen-bond donors (Lipinski definition) is 0. The Kier molecular flexibility index (Phi) is 4.97. The van der Waals surface area contributed by atoms with Crippen molar-refractivity contribution >= 4 is 10.0 Å². The van der Waals surface area contributed by atoms with E-state index in [1.165, 1.54) is 34.6 Å². The lowest BCUT2D eigenvalue weighted by Crippen LogP contribution is -2.55. The fourth-order valence-electron chi connectivity index (χ4n) is 3.12. The van der Waals surface area contributed by atoms with Gasteiger partial charge in [0.2, 0.25) is 10.0 Å². The first-order valence-corrected chi connectivity index (χ1v) is 10.4. The van der Waals surface area contributed by atoms with Crippen LogP contribution in [0.4, 0.5) is 4.39 Å². The number of benzene rings is 2. The minimum Gasteiger partial charge on any atom is -0.487 e. The quantitative estimate of drug-likeness (QED) is 0.640. The Balaban J connectivity index is 1.43. The first-order valence-electron chi connectivity index (χ1n) is 8.96. The Bertz CT molecular complexity index is 1180. The van der Waals surface area contributed by atoms with Crippen LogP contribution in [-0.2, 0) is 10.0 Å². The monoisotopic (exact) mass is 415 g/mol. The molecule has 3 aromatic rings. The van der Waals surface area contributed by atoms with E-state index in [-0.39, 0.29) is 29.9 Å². The lowest BCUT2D eigenvalue weighted by molar-refractivity contribution is 0.0754. The minimum absolute atomic E-state index is 0.179. The molecule has 8 heteroatoms. The average Bonchev–Trinajstić information content (AvgIpc) is 2.64. The summed E-state index contributed by atoms with van der Waals surface area (Å²) in [5, 5.41) is 0. The van der Waals surface area contributed by atoms with Gasteiger partial charge in [-0.15, -0.1) is 0 Å². The highest BCUT2D eigenvalue weighted by Gasteiger charge is 2.38. The highest BCUT2D eigenvalue weighted by molar-refractivity contribution is 7.89. The van der Waals surface area contributed by atoms with Crippen LogP contribution >= 0.6 is 0 Å². The van der Waals surface area contributed by atoms with Crippen LogP contribution in [0, 0.1) is 12.7 Å². The predicted octanol–water partition coefficient (Wildman–Crippen LogP) is 3.21. The molecule has 1 aliphatic rings. The van der Waals surface area contributed by atoms with Gasteiger partial charge in [-0.05, 0) is 42.3 Å². The van der Waals surface area contributed by atoms with Crippen molar-refractivity contribution in [1.29, 1.82) is 0 Å². The molecule has 0 atom stereocenters. The van der Waals surface area contributed by atoms with E-state index in [0.29, 0.717) is 11.5 Å². The van der Waals surface area contributed by atoms with Crippen LogP contribution in [0.2, 0.25) is 0 Å². The number of sulfonamides is 1. The van der Waals surface area contributed by atoms with Crippen LogP contribution < -0.4 is 10.4 Å². The molecule has 1 fully saturated rings. The maximum Gasteiger partial charge on any atom is 0.339 e. The molecule has 0 bridgehead atoms. The van der Waals surface area contributed by atoms with Crippen LogP contribution in [0.3, 0.4) is 0 Å². The maximum atomic E-state index is 13.1. The second kappa shape index (κ2) is 7.46. The number of halogens is 1. The van der Waals surface area contributed by atoms with E-state index < -0.39 is 15.6 Å². The summed E-state index contributed by atoms with van der Waals surface area (Å²) in [5.41, 5.74) is 1.09. The zero-order valence-electron chi connectivity index (χ0n) is 15.5. The standard InChI is InChI=1S/C21H18FNO5S/c1-14-10-18(11-21(24)27-14)28-19-12-23(13-19)29(25,26)20-8-4-16(5-9-20)15-2-6-17(22)7-3-15/h2-11,19H,12-13H2,1H3. The van der Waals surface area contributed by atoms with Crippen molar-refractivity contribution in [3.05, 3.63) is 82.7 Å². The van der Waals surface area contributed by atoms with E-state index in [1.54, 1.807) is 37.3 Å². The van der Waals surface area contributed by atoms with Gasteiger partial charge in [0.1, 0.15) is 23.4 Å². The molecule has 0 unspecified atom stereocenters. The van der Waals surface area contributed by atoms with Gasteiger partial charge in [0.15, 0.2) is 0 Å². The molecule has 2 aromatic carbocycles. The van der Waals surface area contributed by atoms with Crippen molar-refractivity contribution in [2.24, 2.45) is 0 Å². The van der Waals surface area contributed by atoms with E-state index in [9.17, 15) is 17.6 Å². The summed E-state index contributed by atoms with van der Waals surface area (Å²) in [7, 11) is -3.64. The number of aryl methyl sites for hydroxylation is 1. The first-order chi connectivity index (χ1) is 13.8. The molecule has 0 saturated carbocycles. The molecule has 1 saturated heterocycles. The Hall–Kier alpha value is -2.97. The third kappa shape index (κ3) is 4.08. The summed E-state index contributed by atoms with van der Waals surface area (Å²) >= 11 is 0. The molecule has 1 aromatic heterocycles. The molecule has 0 aliphatic carbocycles. The van der Waals surface area contributed by atoms with Crippen LogP contribution in [0.5, 0.6) is 5.75 Å². The van der Waals surface area contributed by atoms with E-state index in [4.69, 9.17) is 9.15 Å². The van der Waals surface area contributed by atoms with Gasteiger partial charge in [-0.3, -0.25) is 0 Å². The van der Waals surface area contributed by atoms with Crippen LogP contribution in [0.25, 0.3) is 11.1 Å². The summed E-state index contributed by atoms with van der Waals surface area (Å²) in [5.74, 6) is 0.469. The second-order valence-corrected chi connectivity index (χ2v) is 8.75. The fraction of sp³-hybridized carbons (Fsp3) is 0.190. The Morgan fingerprint density at radius 1 is 1.00 bits per heavy atom. The van der Waals surface area contributed by atoms with Crippen LogP contribution in [0.1, 0.15) is 5.76 Å². The molecule has 0 N–H and O–H groups in total. The maximum absolute atomic E-state index is 13.1. The SMILES string of the molecule is Cc1cc(OC2CN(S(=O)(=O)c3ccc(-c4ccc(F)cc4)cc3)C2)cc(=O)o1. The highest BCUT2D eigenvalue weighted by atomic mass is 32.2. The third-order valence-electron chi connectivity index (χ3n) is 4.65. The van der Waals surface area contributed by atoms with Gasteiger partial charge >= 0.3 is 5.63 Å². The molecule has 2 heterocycles. The zero-order valence-corrected chi connectivity index (χ0v) is 16.4. The van der Waals surface area contributed by atoms with Gasteiger partial charge in [0, 0.05) is 6.07 Å². The summed E-state index contributed by atoms with van der Waals surface area (Å²) in [6, 6.07) is 15.3. The lowest BCUT2D eigenvalue weighted by atomic mass is 10.1. The van der Waals surface area contributed by atoms with Gasteiger partial charge in [0.25, 0.3) is 0 Å². The van der Waals surface area contributed by atoms with Crippen LogP contribution in [-0.4, -0.2) is 31.9 Å². The van der Waals surface area contributed by atoms with Gasteiger partial charge in [0.05, 0.1) is 24.1 Å². The Morgan fingerprint density at radius 3 is 2.17 bits per heavy atom. The lowest BCUT2D eigenvalue weighted by Gasteiger charge is -2.37. The summed E-state index contributed by atoms with van der Waals surface area (Å²) < 4.78 is 50.4. The van der Waals surface area contributed by atoms with Gasteiger partial charge < -0.3 is 9.15 Å². The van der Waals surface area contributed by atoms with Gasteiger partial charge in [-0.2, -0.15) is 4.31 Å². The molecule has 0 radical (unpaired) electrons. The normalized spacial score (nSPS) is 15.1. The second-order valence-electron chi connectivity index (χ2n) is 6.82. The summed E-state index contributed by atoms with van der Waals surface area (Å²) in [6.45, 7) is 2.03. The zero-order chi connectivity index (χ0) is 20.6. The Labute approximate surface area is 167 Å². The fourth-order valence-corrected chi connectivity index (χ4v) is 4.62. The smallest absolute Gasteiger partial charge is 0.339 e. The molecule has 6 nitrogen and oxygen atoms in total. The predicted molar refractivity (Wildman–Crippen MR) is 105 cm³/mol. The molecule has 1 aliphatic heterocycles. The molecule has 150 valence electrons. The van der Waals surface area contributed by atoms with E-state index in [0.717, 1.165) is 11.1 Å². The number of nitrogens with zero attached hydrogens (tertiary/aromatic N) is 1. The Morgan fingerprint density at radius 2 is 1.59 bits per heavy atom. The summed E-state index contributed by atoms with van der Waals surface area (Å²) in [4.78, 5) is 11.6. The van der Waals surface area contributed by atoms with Crippen molar-refractivity contribution in [1.82, 2.24) is 4.31 Å². The minimum atomic E-state index is -3.64.